The van der Waals surface area contributed by atoms with Crippen molar-refractivity contribution in [3.8, 4) is 0 Å². The van der Waals surface area contributed by atoms with Gasteiger partial charge in [-0.2, -0.15) is 0 Å². The second kappa shape index (κ2) is 5.92. The van der Waals surface area contributed by atoms with Crippen LogP contribution in [-0.4, -0.2) is 41.5 Å². The maximum atomic E-state index is 14.5. The fourth-order valence-corrected chi connectivity index (χ4v) is 5.40. The first-order valence-electron chi connectivity index (χ1n) is 9.17. The fraction of sp³-hybridized carbons (Fsp3) is 0.500. The minimum atomic E-state index is -0.741. The van der Waals surface area contributed by atoms with Crippen molar-refractivity contribution < 1.29 is 13.2 Å². The molecule has 132 valence electrons. The quantitative estimate of drug-likeness (QED) is 0.848. The van der Waals surface area contributed by atoms with Gasteiger partial charge in [-0.15, -0.1) is 0 Å². The van der Waals surface area contributed by atoms with Gasteiger partial charge >= 0.3 is 0 Å². The number of benzene rings is 1. The first-order chi connectivity index (χ1) is 12.2. The zero-order valence-electron chi connectivity index (χ0n) is 14.1. The van der Waals surface area contributed by atoms with Gasteiger partial charge in [0.1, 0.15) is 5.76 Å². The number of piperidine rings is 3. The summed E-state index contributed by atoms with van der Waals surface area (Å²) in [5.41, 5.74) is 0.532. The number of likely N-dealkylation sites (tertiary alicyclic amines) is 1. The van der Waals surface area contributed by atoms with Crippen LogP contribution < -0.4 is 0 Å². The van der Waals surface area contributed by atoms with Crippen LogP contribution in [-0.2, 0) is 6.54 Å². The van der Waals surface area contributed by atoms with Crippen LogP contribution in [0.25, 0.3) is 0 Å². The molecule has 4 fully saturated rings. The van der Waals surface area contributed by atoms with Gasteiger partial charge < -0.3 is 4.42 Å². The van der Waals surface area contributed by atoms with Crippen LogP contribution in [0.3, 0.4) is 0 Å². The summed E-state index contributed by atoms with van der Waals surface area (Å²) < 4.78 is 33.9. The van der Waals surface area contributed by atoms with E-state index in [1.807, 2.05) is 12.1 Å². The van der Waals surface area contributed by atoms with Crippen LogP contribution in [0.5, 0.6) is 0 Å². The molecule has 1 aromatic carbocycles. The number of rotatable bonds is 3. The molecule has 2 bridgehead atoms. The molecule has 4 aliphatic heterocycles. The molecule has 4 aliphatic rings. The lowest BCUT2D eigenvalue weighted by atomic mass is 9.75. The molecule has 5 heteroatoms. The minimum Gasteiger partial charge on any atom is -0.468 e. The summed E-state index contributed by atoms with van der Waals surface area (Å²) in [4.78, 5) is 4.94. The Morgan fingerprint density at radius 3 is 2.64 bits per heavy atom. The SMILES string of the molecule is Fc1cccc([C@@H]2CN(Cc3ccco3)[C@H]3C4CCN(CC4)[C@@H]23)c1F. The van der Waals surface area contributed by atoms with Crippen molar-refractivity contribution in [2.75, 3.05) is 19.6 Å². The van der Waals surface area contributed by atoms with Crippen molar-refractivity contribution in [1.82, 2.24) is 9.80 Å². The highest BCUT2D eigenvalue weighted by Crippen LogP contribution is 2.47. The molecular weight excluding hydrogens is 322 g/mol. The molecule has 0 aliphatic carbocycles. The van der Waals surface area contributed by atoms with E-state index in [0.717, 1.165) is 31.9 Å². The topological polar surface area (TPSA) is 19.6 Å². The monoisotopic (exact) mass is 344 g/mol. The Kier molecular flexibility index (Phi) is 3.68. The molecule has 0 unspecified atom stereocenters. The van der Waals surface area contributed by atoms with Gasteiger partial charge in [-0.25, -0.2) is 8.78 Å². The van der Waals surface area contributed by atoms with E-state index < -0.39 is 11.6 Å². The van der Waals surface area contributed by atoms with Crippen molar-refractivity contribution in [2.45, 2.75) is 37.4 Å². The van der Waals surface area contributed by atoms with Crippen molar-refractivity contribution >= 4 is 0 Å². The highest BCUT2D eigenvalue weighted by molar-refractivity contribution is 5.29. The molecule has 0 N–H and O–H groups in total. The molecule has 6 rings (SSSR count). The Bertz CT molecular complexity index is 755. The van der Waals surface area contributed by atoms with E-state index in [1.54, 1.807) is 18.4 Å². The van der Waals surface area contributed by atoms with Crippen LogP contribution in [0.2, 0.25) is 0 Å². The molecule has 0 amide bonds. The van der Waals surface area contributed by atoms with Gasteiger partial charge in [0.25, 0.3) is 0 Å². The number of halogens is 2. The van der Waals surface area contributed by atoms with E-state index in [9.17, 15) is 8.78 Å². The molecule has 0 saturated carbocycles. The van der Waals surface area contributed by atoms with Crippen LogP contribution in [0.4, 0.5) is 8.78 Å². The molecule has 2 aromatic rings. The van der Waals surface area contributed by atoms with Crippen LogP contribution in [0.1, 0.15) is 30.1 Å². The van der Waals surface area contributed by atoms with Gasteiger partial charge in [-0.05, 0) is 55.6 Å². The van der Waals surface area contributed by atoms with Crippen molar-refractivity contribution in [3.05, 3.63) is 59.6 Å². The van der Waals surface area contributed by atoms with Crippen molar-refractivity contribution in [1.29, 1.82) is 0 Å². The third kappa shape index (κ3) is 2.44. The second-order valence-corrected chi connectivity index (χ2v) is 7.61. The van der Waals surface area contributed by atoms with Crippen LogP contribution >= 0.6 is 0 Å². The standard InChI is InChI=1S/C20H22F2N2O/c21-17-5-1-4-15(18(17)22)16-12-24(11-14-3-2-10-25-14)19-13-6-8-23(9-7-13)20(16)19/h1-5,10,13,16,19-20H,6-9,11-12H2/t16-,19-,20-/m0/s1. The Labute approximate surface area is 146 Å². The summed E-state index contributed by atoms with van der Waals surface area (Å²) in [5, 5.41) is 0. The van der Waals surface area contributed by atoms with E-state index in [-0.39, 0.29) is 12.0 Å². The van der Waals surface area contributed by atoms with E-state index in [2.05, 4.69) is 9.80 Å². The Morgan fingerprint density at radius 2 is 1.88 bits per heavy atom. The summed E-state index contributed by atoms with van der Waals surface area (Å²) in [5.74, 6) is 0.184. The van der Waals surface area contributed by atoms with Gasteiger partial charge in [0.15, 0.2) is 11.6 Å². The van der Waals surface area contributed by atoms with E-state index in [0.29, 0.717) is 17.5 Å². The van der Waals surface area contributed by atoms with Crippen molar-refractivity contribution in [2.24, 2.45) is 5.92 Å². The predicted molar refractivity (Wildman–Crippen MR) is 90.1 cm³/mol. The molecule has 0 spiro atoms. The van der Waals surface area contributed by atoms with Crippen molar-refractivity contribution in [3.63, 3.8) is 0 Å². The predicted octanol–water partition coefficient (Wildman–Crippen LogP) is 3.62. The summed E-state index contributed by atoms with van der Waals surface area (Å²) in [6.07, 6.45) is 4.10. The lowest BCUT2D eigenvalue weighted by molar-refractivity contribution is -0.0103. The zero-order valence-corrected chi connectivity index (χ0v) is 14.1. The molecule has 3 atom stereocenters. The molecule has 3 nitrogen and oxygen atoms in total. The average molecular weight is 344 g/mol. The third-order valence-electron chi connectivity index (χ3n) is 6.41. The van der Waals surface area contributed by atoms with Gasteiger partial charge in [0, 0.05) is 24.5 Å². The summed E-state index contributed by atoms with van der Waals surface area (Å²) in [7, 11) is 0. The average Bonchev–Trinajstić information content (AvgIpc) is 3.28. The van der Waals surface area contributed by atoms with Gasteiger partial charge in [-0.3, -0.25) is 9.80 Å². The fourth-order valence-electron chi connectivity index (χ4n) is 5.40. The highest BCUT2D eigenvalue weighted by Gasteiger charge is 2.53. The second-order valence-electron chi connectivity index (χ2n) is 7.61. The highest BCUT2D eigenvalue weighted by atomic mass is 19.2. The normalized spacial score (nSPS) is 34.4. The number of fused-ring (bicyclic) bond motifs is 2. The number of hydrogen-bond acceptors (Lipinski definition) is 3. The van der Waals surface area contributed by atoms with E-state index in [4.69, 9.17) is 4.42 Å². The lowest BCUT2D eigenvalue weighted by Crippen LogP contribution is -2.60. The number of hydrogen-bond donors (Lipinski definition) is 0. The first-order valence-corrected chi connectivity index (χ1v) is 9.17. The van der Waals surface area contributed by atoms with Gasteiger partial charge in [0.2, 0.25) is 0 Å². The maximum Gasteiger partial charge on any atom is 0.162 e. The van der Waals surface area contributed by atoms with E-state index in [1.165, 1.54) is 18.9 Å². The number of furan rings is 1. The van der Waals surface area contributed by atoms with Crippen LogP contribution in [0.15, 0.2) is 41.0 Å². The third-order valence-corrected chi connectivity index (χ3v) is 6.41. The largest absolute Gasteiger partial charge is 0.468 e. The minimum absolute atomic E-state index is 0.0127. The summed E-state index contributed by atoms with van der Waals surface area (Å²) in [6, 6.07) is 9.18. The van der Waals surface area contributed by atoms with Gasteiger partial charge in [0.05, 0.1) is 12.8 Å². The lowest BCUT2D eigenvalue weighted by Gasteiger charge is -2.51. The first kappa shape index (κ1) is 15.5. The van der Waals surface area contributed by atoms with E-state index >= 15 is 0 Å². The Hall–Kier alpha value is -1.72. The zero-order chi connectivity index (χ0) is 17.0. The Morgan fingerprint density at radius 1 is 1.04 bits per heavy atom. The Balaban J connectivity index is 1.52. The molecule has 0 radical (unpaired) electrons. The molecule has 5 heterocycles. The molecule has 1 aromatic heterocycles. The van der Waals surface area contributed by atoms with Gasteiger partial charge in [-0.1, -0.05) is 12.1 Å². The summed E-state index contributed by atoms with van der Waals surface area (Å²) >= 11 is 0. The molecule has 25 heavy (non-hydrogen) atoms. The molecule has 4 saturated heterocycles. The molecular formula is C20H22F2N2O. The summed E-state index contributed by atoms with van der Waals surface area (Å²) in [6.45, 7) is 3.65. The smallest absolute Gasteiger partial charge is 0.162 e. The number of nitrogens with zero attached hydrogens (tertiary/aromatic N) is 2. The maximum absolute atomic E-state index is 14.5. The van der Waals surface area contributed by atoms with Crippen LogP contribution in [0, 0.1) is 17.6 Å².